The Balaban J connectivity index is 2.84. The van der Waals surface area contributed by atoms with E-state index in [9.17, 15) is 13.2 Å². The zero-order chi connectivity index (χ0) is 20.5. The third-order valence-electron chi connectivity index (χ3n) is 4.23. The highest BCUT2D eigenvalue weighted by Crippen LogP contribution is 2.24. The summed E-state index contributed by atoms with van der Waals surface area (Å²) in [7, 11) is -3.70. The molecule has 150 valence electrons. The Bertz CT molecular complexity index is 758. The molecule has 0 aliphatic rings. The summed E-state index contributed by atoms with van der Waals surface area (Å²) in [6.45, 7) is 8.49. The van der Waals surface area contributed by atoms with E-state index < -0.39 is 10.0 Å². The van der Waals surface area contributed by atoms with E-state index in [1.807, 2.05) is 18.2 Å². The van der Waals surface area contributed by atoms with Crippen molar-refractivity contribution in [1.82, 2.24) is 9.62 Å². The maximum atomic E-state index is 12.8. The third kappa shape index (κ3) is 8.15. The molecule has 0 aliphatic heterocycles. The van der Waals surface area contributed by atoms with Crippen molar-refractivity contribution >= 4 is 15.9 Å². The first-order valence-electron chi connectivity index (χ1n) is 9.37. The summed E-state index contributed by atoms with van der Waals surface area (Å²) in [5.41, 5.74) is 1.68. The van der Waals surface area contributed by atoms with E-state index in [2.05, 4.69) is 38.9 Å². The number of hydrogen-bond acceptors (Lipinski definition) is 3. The van der Waals surface area contributed by atoms with Gasteiger partial charge in [0.15, 0.2) is 0 Å². The van der Waals surface area contributed by atoms with Gasteiger partial charge in [-0.15, -0.1) is 6.42 Å². The Morgan fingerprint density at radius 3 is 2.56 bits per heavy atom. The van der Waals surface area contributed by atoms with Crippen LogP contribution in [0, 0.1) is 12.3 Å². The number of nitrogens with one attached hydrogen (secondary N) is 1. The summed E-state index contributed by atoms with van der Waals surface area (Å²) in [5, 5.41) is 2.76. The molecule has 0 aromatic heterocycles. The van der Waals surface area contributed by atoms with E-state index in [1.54, 1.807) is 6.07 Å². The summed E-state index contributed by atoms with van der Waals surface area (Å²) in [6.07, 6.45) is 8.29. The average molecular weight is 393 g/mol. The predicted molar refractivity (Wildman–Crippen MR) is 111 cm³/mol. The second kappa shape index (κ2) is 10.5. The number of rotatable bonds is 10. The van der Waals surface area contributed by atoms with Crippen LogP contribution in [0.1, 0.15) is 58.1 Å². The van der Waals surface area contributed by atoms with Gasteiger partial charge in [0, 0.05) is 6.54 Å². The lowest BCUT2D eigenvalue weighted by molar-refractivity contribution is -0.121. The van der Waals surface area contributed by atoms with Gasteiger partial charge in [0.2, 0.25) is 15.9 Å². The fraction of sp³-hybridized carbons (Fsp3) is 0.571. The topological polar surface area (TPSA) is 66.5 Å². The number of benzene rings is 1. The van der Waals surface area contributed by atoms with Crippen molar-refractivity contribution < 1.29 is 13.2 Å². The Morgan fingerprint density at radius 2 is 1.96 bits per heavy atom. The van der Waals surface area contributed by atoms with E-state index in [1.165, 1.54) is 0 Å². The van der Waals surface area contributed by atoms with Gasteiger partial charge in [-0.05, 0) is 23.0 Å². The molecular formula is C21H32N2O3S. The molecular weight excluding hydrogens is 360 g/mol. The molecule has 0 atom stereocenters. The van der Waals surface area contributed by atoms with Crippen LogP contribution >= 0.6 is 0 Å². The van der Waals surface area contributed by atoms with Crippen molar-refractivity contribution in [2.24, 2.45) is 0 Å². The van der Waals surface area contributed by atoms with Crippen molar-refractivity contribution in [3.63, 3.8) is 0 Å². The first kappa shape index (κ1) is 23.2. The Labute approximate surface area is 164 Å². The van der Waals surface area contributed by atoms with E-state index in [-0.39, 0.29) is 30.2 Å². The summed E-state index contributed by atoms with van der Waals surface area (Å²) in [6, 6.07) is 7.53. The minimum atomic E-state index is -3.70. The van der Waals surface area contributed by atoms with Crippen LogP contribution in [0.15, 0.2) is 24.3 Å². The molecule has 1 aromatic rings. The zero-order valence-corrected chi connectivity index (χ0v) is 17.7. The van der Waals surface area contributed by atoms with Gasteiger partial charge in [0.1, 0.15) is 0 Å². The molecule has 0 saturated heterocycles. The van der Waals surface area contributed by atoms with E-state index >= 15 is 0 Å². The van der Waals surface area contributed by atoms with Crippen LogP contribution in [0.3, 0.4) is 0 Å². The highest BCUT2D eigenvalue weighted by Gasteiger charge is 2.25. The van der Waals surface area contributed by atoms with E-state index in [0.29, 0.717) is 12.1 Å². The van der Waals surface area contributed by atoms with E-state index in [0.717, 1.165) is 29.1 Å². The summed E-state index contributed by atoms with van der Waals surface area (Å²) < 4.78 is 26.7. The van der Waals surface area contributed by atoms with E-state index in [4.69, 9.17) is 6.42 Å². The molecule has 0 radical (unpaired) electrons. The SMILES string of the molecule is C#CCN(CC(=O)NCCCCC)S(=O)(=O)Cc1cccc(C(C)(C)C)c1. The van der Waals surface area contributed by atoms with Gasteiger partial charge in [-0.25, -0.2) is 8.42 Å². The largest absolute Gasteiger partial charge is 0.355 e. The van der Waals surface area contributed by atoms with Gasteiger partial charge in [-0.3, -0.25) is 4.79 Å². The molecule has 1 aromatic carbocycles. The molecule has 27 heavy (non-hydrogen) atoms. The molecule has 6 heteroatoms. The Kier molecular flexibility index (Phi) is 9.01. The second-order valence-electron chi connectivity index (χ2n) is 7.74. The van der Waals surface area contributed by atoms with Gasteiger partial charge in [-0.2, -0.15) is 4.31 Å². The molecule has 5 nitrogen and oxygen atoms in total. The van der Waals surface area contributed by atoms with Crippen LogP contribution in [0.2, 0.25) is 0 Å². The quantitative estimate of drug-likeness (QED) is 0.492. The van der Waals surface area contributed by atoms with Crippen LogP contribution in [0.4, 0.5) is 0 Å². The number of unbranched alkanes of at least 4 members (excludes halogenated alkanes) is 2. The van der Waals surface area contributed by atoms with Crippen molar-refractivity contribution in [2.75, 3.05) is 19.6 Å². The smallest absolute Gasteiger partial charge is 0.235 e. The zero-order valence-electron chi connectivity index (χ0n) is 16.9. The molecule has 0 unspecified atom stereocenters. The van der Waals surface area contributed by atoms with Gasteiger partial charge in [-0.1, -0.05) is 70.7 Å². The van der Waals surface area contributed by atoms with Crippen LogP contribution < -0.4 is 5.32 Å². The Morgan fingerprint density at radius 1 is 1.26 bits per heavy atom. The fourth-order valence-corrected chi connectivity index (χ4v) is 3.97. The minimum absolute atomic E-state index is 0.0728. The third-order valence-corrected chi connectivity index (χ3v) is 5.97. The number of carbonyl (C=O) groups excluding carboxylic acids is 1. The molecule has 0 fully saturated rings. The summed E-state index contributed by atoms with van der Waals surface area (Å²) in [4.78, 5) is 12.1. The number of carbonyl (C=O) groups is 1. The maximum absolute atomic E-state index is 12.8. The lowest BCUT2D eigenvalue weighted by atomic mass is 9.86. The standard InChI is InChI=1S/C21H32N2O3S/c1-6-8-9-13-22-20(24)16-23(14-7-2)27(25,26)17-18-11-10-12-19(15-18)21(3,4)5/h2,10-12,15H,6,8-9,13-14,16-17H2,1,3-5H3,(H,22,24). The van der Waals surface area contributed by atoms with Gasteiger partial charge in [0.05, 0.1) is 18.8 Å². The Hall–Kier alpha value is -1.84. The first-order chi connectivity index (χ1) is 12.6. The minimum Gasteiger partial charge on any atom is -0.355 e. The number of amides is 1. The number of sulfonamides is 1. The summed E-state index contributed by atoms with van der Waals surface area (Å²) >= 11 is 0. The highest BCUT2D eigenvalue weighted by atomic mass is 32.2. The highest BCUT2D eigenvalue weighted by molar-refractivity contribution is 7.88. The van der Waals surface area contributed by atoms with Gasteiger partial charge in [0.25, 0.3) is 0 Å². The second-order valence-corrected chi connectivity index (χ2v) is 9.70. The van der Waals surface area contributed by atoms with Gasteiger partial charge >= 0.3 is 0 Å². The van der Waals surface area contributed by atoms with Crippen LogP contribution in [-0.2, 0) is 26.0 Å². The van der Waals surface area contributed by atoms with Crippen molar-refractivity contribution in [1.29, 1.82) is 0 Å². The van der Waals surface area contributed by atoms with Crippen molar-refractivity contribution in [3.8, 4) is 12.3 Å². The molecule has 1 N–H and O–H groups in total. The number of nitrogens with zero attached hydrogens (tertiary/aromatic N) is 1. The van der Waals surface area contributed by atoms with Gasteiger partial charge < -0.3 is 5.32 Å². The molecule has 1 rings (SSSR count). The molecule has 0 saturated carbocycles. The fourth-order valence-electron chi connectivity index (χ4n) is 2.60. The molecule has 0 heterocycles. The van der Waals surface area contributed by atoms with Crippen molar-refractivity contribution in [2.45, 2.75) is 58.1 Å². The lowest BCUT2D eigenvalue weighted by Gasteiger charge is -2.22. The number of terminal acetylenes is 1. The van der Waals surface area contributed by atoms with Crippen LogP contribution in [0.5, 0.6) is 0 Å². The first-order valence-corrected chi connectivity index (χ1v) is 11.0. The molecule has 0 spiro atoms. The molecule has 1 amide bonds. The normalized spacial score (nSPS) is 12.0. The van der Waals surface area contributed by atoms with Crippen LogP contribution in [-0.4, -0.2) is 38.3 Å². The predicted octanol–water partition coefficient (Wildman–Crippen LogP) is 3.06. The maximum Gasteiger partial charge on any atom is 0.235 e. The monoisotopic (exact) mass is 392 g/mol. The summed E-state index contributed by atoms with van der Waals surface area (Å²) in [5.74, 6) is 1.84. The average Bonchev–Trinajstić information content (AvgIpc) is 2.57. The lowest BCUT2D eigenvalue weighted by Crippen LogP contribution is -2.41. The number of hydrogen-bond donors (Lipinski definition) is 1. The van der Waals surface area contributed by atoms with Crippen molar-refractivity contribution in [3.05, 3.63) is 35.4 Å². The molecule has 0 bridgehead atoms. The molecule has 0 aliphatic carbocycles. The van der Waals surface area contributed by atoms with Crippen LogP contribution in [0.25, 0.3) is 0 Å².